The van der Waals surface area contributed by atoms with Crippen LogP contribution >= 0.6 is 11.8 Å². The molecule has 0 aromatic carbocycles. The zero-order valence-corrected chi connectivity index (χ0v) is 18.4. The number of likely N-dealkylation sites (tertiary alicyclic amines) is 1. The van der Waals surface area contributed by atoms with Gasteiger partial charge >= 0.3 is 0 Å². The minimum absolute atomic E-state index is 0.182. The van der Waals surface area contributed by atoms with Crippen LogP contribution in [0.4, 0.5) is 0 Å². The van der Waals surface area contributed by atoms with Crippen LogP contribution in [0, 0.1) is 5.92 Å². The summed E-state index contributed by atoms with van der Waals surface area (Å²) in [5.41, 5.74) is 5.70. The summed E-state index contributed by atoms with van der Waals surface area (Å²) in [5.74, 6) is 3.72. The summed E-state index contributed by atoms with van der Waals surface area (Å²) in [6.45, 7) is 8.25. The van der Waals surface area contributed by atoms with Crippen molar-refractivity contribution in [3.8, 4) is 0 Å². The number of aliphatic imine (C=N–C) groups is 1. The van der Waals surface area contributed by atoms with Gasteiger partial charge in [-0.25, -0.2) is 0 Å². The summed E-state index contributed by atoms with van der Waals surface area (Å²) in [4.78, 5) is 21.7. The molecule has 3 aliphatic rings. The first kappa shape index (κ1) is 21.8. The van der Waals surface area contributed by atoms with Gasteiger partial charge in [0.05, 0.1) is 6.54 Å². The van der Waals surface area contributed by atoms with Crippen LogP contribution in [0.2, 0.25) is 0 Å². The number of rotatable bonds is 6. The van der Waals surface area contributed by atoms with E-state index < -0.39 is 0 Å². The Balaban J connectivity index is 1.71. The lowest BCUT2D eigenvalue weighted by Crippen LogP contribution is -2.56. The predicted molar refractivity (Wildman–Crippen MR) is 119 cm³/mol. The molecule has 1 amide bonds. The average Bonchev–Trinajstić information content (AvgIpc) is 2.72. The van der Waals surface area contributed by atoms with Gasteiger partial charge < -0.3 is 16.0 Å². The van der Waals surface area contributed by atoms with E-state index in [1.54, 1.807) is 0 Å². The summed E-state index contributed by atoms with van der Waals surface area (Å²) in [7, 11) is 0. The first-order valence-electron chi connectivity index (χ1n) is 11.3. The lowest BCUT2D eigenvalue weighted by molar-refractivity contribution is -0.119. The number of guanidine groups is 1. The Bertz CT molecular complexity index is 529. The van der Waals surface area contributed by atoms with Crippen molar-refractivity contribution in [1.82, 2.24) is 15.1 Å². The Morgan fingerprint density at radius 2 is 1.93 bits per heavy atom. The van der Waals surface area contributed by atoms with E-state index in [2.05, 4.69) is 33.8 Å². The van der Waals surface area contributed by atoms with Gasteiger partial charge in [0.1, 0.15) is 0 Å². The van der Waals surface area contributed by atoms with Gasteiger partial charge in [0.25, 0.3) is 0 Å². The van der Waals surface area contributed by atoms with Crippen LogP contribution in [0.3, 0.4) is 0 Å². The fraction of sp³-hybridized carbons (Fsp3) is 0.905. The number of nitrogens with two attached hydrogens (primary N) is 1. The molecule has 0 bridgehead atoms. The Morgan fingerprint density at radius 3 is 2.61 bits per heavy atom. The van der Waals surface area contributed by atoms with Gasteiger partial charge in [0.2, 0.25) is 5.91 Å². The summed E-state index contributed by atoms with van der Waals surface area (Å²) < 4.78 is 0. The van der Waals surface area contributed by atoms with E-state index in [1.807, 2.05) is 0 Å². The van der Waals surface area contributed by atoms with Crippen molar-refractivity contribution >= 4 is 23.6 Å². The third kappa shape index (κ3) is 5.78. The van der Waals surface area contributed by atoms with Crippen LogP contribution in [0.15, 0.2) is 4.99 Å². The van der Waals surface area contributed by atoms with Crippen molar-refractivity contribution in [3.63, 3.8) is 0 Å². The zero-order chi connectivity index (χ0) is 19.8. The second-order valence-corrected chi connectivity index (χ2v) is 9.90. The molecule has 1 unspecified atom stereocenters. The van der Waals surface area contributed by atoms with Crippen molar-refractivity contribution < 1.29 is 4.79 Å². The van der Waals surface area contributed by atoms with E-state index in [9.17, 15) is 4.79 Å². The van der Waals surface area contributed by atoms with Crippen LogP contribution in [-0.4, -0.2) is 78.0 Å². The third-order valence-corrected chi connectivity index (χ3v) is 7.58. The highest BCUT2D eigenvalue weighted by molar-refractivity contribution is 7.99. The van der Waals surface area contributed by atoms with Crippen molar-refractivity contribution in [2.45, 2.75) is 63.8 Å². The Hall–Kier alpha value is -0.950. The molecule has 3 rings (SSSR count). The summed E-state index contributed by atoms with van der Waals surface area (Å²) in [5, 5.41) is 3.52. The smallest absolute Gasteiger partial charge is 0.217 e. The number of primary amides is 1. The van der Waals surface area contributed by atoms with E-state index in [0.29, 0.717) is 12.3 Å². The molecule has 0 spiro atoms. The quantitative estimate of drug-likeness (QED) is 0.520. The number of hydrogen-bond donors (Lipinski definition) is 2. The summed E-state index contributed by atoms with van der Waals surface area (Å²) in [6, 6.07) is 0. The molecule has 3 fully saturated rings. The maximum atomic E-state index is 11.4. The predicted octanol–water partition coefficient (Wildman–Crippen LogP) is 2.29. The second-order valence-electron chi connectivity index (χ2n) is 8.68. The molecular formula is C21H39N5OS. The van der Waals surface area contributed by atoms with Crippen LogP contribution in [0.1, 0.15) is 58.3 Å². The number of nitrogens with zero attached hydrogens (tertiary/aromatic N) is 3. The maximum Gasteiger partial charge on any atom is 0.217 e. The molecule has 1 aliphatic carbocycles. The maximum absolute atomic E-state index is 11.4. The Morgan fingerprint density at radius 1 is 1.18 bits per heavy atom. The van der Waals surface area contributed by atoms with E-state index in [0.717, 1.165) is 45.0 Å². The number of hydrogen-bond acceptors (Lipinski definition) is 4. The summed E-state index contributed by atoms with van der Waals surface area (Å²) in [6.07, 6.45) is 9.29. The van der Waals surface area contributed by atoms with Crippen molar-refractivity contribution in [2.24, 2.45) is 16.6 Å². The van der Waals surface area contributed by atoms with Crippen LogP contribution in [0.5, 0.6) is 0 Å². The molecule has 6 nitrogen and oxygen atoms in total. The van der Waals surface area contributed by atoms with Crippen LogP contribution in [0.25, 0.3) is 0 Å². The number of carbonyl (C=O) groups excluding carboxylic acids is 1. The third-order valence-electron chi connectivity index (χ3n) is 6.63. The summed E-state index contributed by atoms with van der Waals surface area (Å²) >= 11 is 2.09. The van der Waals surface area contributed by atoms with Crippen molar-refractivity contribution in [2.75, 3.05) is 50.8 Å². The first-order valence-corrected chi connectivity index (χ1v) is 12.4. The molecule has 160 valence electrons. The van der Waals surface area contributed by atoms with Gasteiger partial charge in [-0.15, -0.1) is 0 Å². The Kier molecular flexibility index (Phi) is 8.33. The van der Waals surface area contributed by atoms with Gasteiger partial charge in [-0.05, 0) is 38.5 Å². The number of thioether (sulfide) groups is 1. The molecule has 2 saturated heterocycles. The molecule has 0 radical (unpaired) electrons. The highest BCUT2D eigenvalue weighted by Gasteiger charge is 2.38. The number of piperidine rings is 1. The van der Waals surface area contributed by atoms with E-state index >= 15 is 0 Å². The van der Waals surface area contributed by atoms with Gasteiger partial charge in [-0.1, -0.05) is 19.3 Å². The molecule has 1 atom stereocenters. The van der Waals surface area contributed by atoms with Gasteiger partial charge in [0, 0.05) is 56.2 Å². The van der Waals surface area contributed by atoms with Gasteiger partial charge in [0.15, 0.2) is 5.96 Å². The van der Waals surface area contributed by atoms with Crippen molar-refractivity contribution in [3.05, 3.63) is 0 Å². The standard InChI is InChI=1S/C21H39N5OS/c1-2-23-20(25-10-6-7-18(16-25)15-19(22)27)24-17-21(8-4-3-5-9-21)26-11-13-28-14-12-26/h18H,2-17H2,1H3,(H2,22,27)(H,23,24). The second kappa shape index (κ2) is 10.7. The van der Waals surface area contributed by atoms with E-state index in [-0.39, 0.29) is 11.4 Å². The Labute approximate surface area is 175 Å². The van der Waals surface area contributed by atoms with Crippen LogP contribution < -0.4 is 11.1 Å². The SMILES string of the molecule is CCNC(=NCC1(N2CCSCC2)CCCCC1)N1CCCC(CC(N)=O)C1. The van der Waals surface area contributed by atoms with E-state index in [1.165, 1.54) is 56.7 Å². The first-order chi connectivity index (χ1) is 13.6. The number of nitrogens with one attached hydrogen (secondary N) is 1. The molecule has 0 aromatic rings. The number of carbonyl (C=O) groups is 1. The number of amides is 1. The molecule has 3 N–H and O–H groups in total. The fourth-order valence-electron chi connectivity index (χ4n) is 5.18. The average molecular weight is 410 g/mol. The minimum atomic E-state index is -0.182. The fourth-order valence-corrected chi connectivity index (χ4v) is 6.08. The topological polar surface area (TPSA) is 74.0 Å². The van der Waals surface area contributed by atoms with Crippen molar-refractivity contribution in [1.29, 1.82) is 0 Å². The van der Waals surface area contributed by atoms with Gasteiger partial charge in [-0.2, -0.15) is 11.8 Å². The molecule has 28 heavy (non-hydrogen) atoms. The minimum Gasteiger partial charge on any atom is -0.370 e. The molecule has 1 saturated carbocycles. The van der Waals surface area contributed by atoms with Gasteiger partial charge in [-0.3, -0.25) is 14.7 Å². The normalized spacial score (nSPS) is 26.8. The molecule has 2 aliphatic heterocycles. The monoisotopic (exact) mass is 409 g/mol. The largest absolute Gasteiger partial charge is 0.370 e. The molecule has 7 heteroatoms. The molecular weight excluding hydrogens is 370 g/mol. The molecule has 0 aromatic heterocycles. The zero-order valence-electron chi connectivity index (χ0n) is 17.6. The molecule has 2 heterocycles. The highest BCUT2D eigenvalue weighted by atomic mass is 32.2. The van der Waals surface area contributed by atoms with E-state index in [4.69, 9.17) is 10.7 Å². The lowest BCUT2D eigenvalue weighted by Gasteiger charge is -2.47. The lowest BCUT2D eigenvalue weighted by atomic mass is 9.80. The van der Waals surface area contributed by atoms with Crippen LogP contribution in [-0.2, 0) is 4.79 Å². The highest BCUT2D eigenvalue weighted by Crippen LogP contribution is 2.35.